The molecule has 5 atom stereocenters. The molecule has 2 aliphatic rings. The van der Waals surface area contributed by atoms with Gasteiger partial charge in [0, 0.05) is 6.04 Å². The minimum atomic E-state index is -0.623. The third-order valence-corrected chi connectivity index (χ3v) is 5.68. The Morgan fingerprint density at radius 3 is 2.34 bits per heavy atom. The van der Waals surface area contributed by atoms with Gasteiger partial charge in [-0.25, -0.2) is 4.79 Å². The van der Waals surface area contributed by atoms with Crippen LogP contribution in [0.2, 0.25) is 0 Å². The van der Waals surface area contributed by atoms with Gasteiger partial charge in [0.2, 0.25) is 0 Å². The van der Waals surface area contributed by atoms with Gasteiger partial charge in [0.25, 0.3) is 0 Å². The highest BCUT2D eigenvalue weighted by Crippen LogP contribution is 2.53. The second-order valence-corrected chi connectivity index (χ2v) is 8.82. The number of hydrogen-bond acceptors (Lipinski definition) is 6. The summed E-state index contributed by atoms with van der Waals surface area (Å²) in [5, 5.41) is 2.87. The molecule has 1 aromatic carbocycles. The Morgan fingerprint density at radius 2 is 1.72 bits per heavy atom. The van der Waals surface area contributed by atoms with Crippen LogP contribution in [0, 0.1) is 23.7 Å². The fourth-order valence-electron chi connectivity index (χ4n) is 4.61. The molecule has 0 radical (unpaired) electrons. The van der Waals surface area contributed by atoms with Gasteiger partial charge in [-0.15, -0.1) is 0 Å². The lowest BCUT2D eigenvalue weighted by Crippen LogP contribution is -2.49. The van der Waals surface area contributed by atoms with Gasteiger partial charge >= 0.3 is 18.0 Å². The van der Waals surface area contributed by atoms with Gasteiger partial charge < -0.3 is 19.5 Å². The van der Waals surface area contributed by atoms with Crippen LogP contribution < -0.4 is 5.32 Å². The van der Waals surface area contributed by atoms with Gasteiger partial charge in [0.15, 0.2) is 0 Å². The van der Waals surface area contributed by atoms with Crippen molar-refractivity contribution in [2.75, 3.05) is 7.11 Å². The average molecular weight is 403 g/mol. The van der Waals surface area contributed by atoms with E-state index < -0.39 is 29.5 Å². The largest absolute Gasteiger partial charge is 0.469 e. The molecule has 2 aliphatic carbocycles. The summed E-state index contributed by atoms with van der Waals surface area (Å²) in [6, 6.07) is 9.19. The molecule has 3 unspecified atom stereocenters. The van der Waals surface area contributed by atoms with Crippen molar-refractivity contribution in [3.8, 4) is 0 Å². The van der Waals surface area contributed by atoms with Crippen molar-refractivity contribution in [1.82, 2.24) is 5.32 Å². The Kier molecular flexibility index (Phi) is 6.15. The van der Waals surface area contributed by atoms with Crippen molar-refractivity contribution in [3.63, 3.8) is 0 Å². The Bertz CT molecular complexity index is 756. The van der Waals surface area contributed by atoms with Crippen molar-refractivity contribution in [1.29, 1.82) is 0 Å². The van der Waals surface area contributed by atoms with Gasteiger partial charge in [-0.05, 0) is 51.0 Å². The molecule has 0 aliphatic heterocycles. The Hall–Kier alpha value is -2.57. The van der Waals surface area contributed by atoms with Crippen LogP contribution in [0.15, 0.2) is 30.3 Å². The molecule has 0 heterocycles. The van der Waals surface area contributed by atoms with Crippen LogP contribution in [0.1, 0.15) is 39.2 Å². The first-order chi connectivity index (χ1) is 13.7. The number of benzene rings is 1. The highest BCUT2D eigenvalue weighted by atomic mass is 16.6. The number of hydrogen-bond donors (Lipinski definition) is 1. The van der Waals surface area contributed by atoms with Crippen LogP contribution >= 0.6 is 0 Å². The first-order valence-corrected chi connectivity index (χ1v) is 9.97. The van der Waals surface area contributed by atoms with E-state index in [1.165, 1.54) is 7.11 Å². The summed E-state index contributed by atoms with van der Waals surface area (Å²) >= 11 is 0. The molecule has 0 aromatic heterocycles. The van der Waals surface area contributed by atoms with Crippen LogP contribution in [0.4, 0.5) is 4.79 Å². The van der Waals surface area contributed by atoms with E-state index in [4.69, 9.17) is 14.2 Å². The molecule has 1 aromatic rings. The zero-order valence-corrected chi connectivity index (χ0v) is 17.3. The molecule has 1 amide bonds. The van der Waals surface area contributed by atoms with E-state index >= 15 is 0 Å². The van der Waals surface area contributed by atoms with Gasteiger partial charge in [-0.2, -0.15) is 0 Å². The minimum Gasteiger partial charge on any atom is -0.469 e. The minimum absolute atomic E-state index is 0.0349. The molecule has 29 heavy (non-hydrogen) atoms. The highest BCUT2D eigenvalue weighted by molar-refractivity contribution is 5.84. The van der Waals surface area contributed by atoms with Crippen molar-refractivity contribution < 1.29 is 28.6 Å². The first-order valence-electron chi connectivity index (χ1n) is 9.97. The van der Waals surface area contributed by atoms with E-state index in [1.807, 2.05) is 30.3 Å². The number of methoxy groups -OCH3 is 1. The number of fused-ring (bicyclic) bond motifs is 2. The zero-order chi connectivity index (χ0) is 21.2. The lowest BCUT2D eigenvalue weighted by molar-refractivity contribution is -0.163. The second-order valence-electron chi connectivity index (χ2n) is 8.82. The lowest BCUT2D eigenvalue weighted by atomic mass is 9.77. The van der Waals surface area contributed by atoms with E-state index in [-0.39, 0.29) is 30.5 Å². The summed E-state index contributed by atoms with van der Waals surface area (Å²) < 4.78 is 15.8. The van der Waals surface area contributed by atoms with Gasteiger partial charge in [0.1, 0.15) is 12.2 Å². The average Bonchev–Trinajstić information content (AvgIpc) is 3.22. The monoisotopic (exact) mass is 403 g/mol. The second kappa shape index (κ2) is 8.43. The predicted octanol–water partition coefficient (Wildman–Crippen LogP) is 3.07. The van der Waals surface area contributed by atoms with E-state index in [0.29, 0.717) is 12.8 Å². The Balaban J connectivity index is 1.67. The highest BCUT2D eigenvalue weighted by Gasteiger charge is 2.59. The molecule has 1 N–H and O–H groups in total. The van der Waals surface area contributed by atoms with Crippen LogP contribution in [-0.2, 0) is 30.4 Å². The van der Waals surface area contributed by atoms with E-state index in [1.54, 1.807) is 20.8 Å². The van der Waals surface area contributed by atoms with Crippen LogP contribution in [0.25, 0.3) is 0 Å². The summed E-state index contributed by atoms with van der Waals surface area (Å²) in [4.78, 5) is 37.5. The van der Waals surface area contributed by atoms with Gasteiger partial charge in [-0.1, -0.05) is 30.3 Å². The van der Waals surface area contributed by atoms with Gasteiger partial charge in [0.05, 0.1) is 18.9 Å². The molecule has 158 valence electrons. The maximum absolute atomic E-state index is 12.8. The fraction of sp³-hybridized carbons (Fsp3) is 0.591. The van der Waals surface area contributed by atoms with E-state index in [0.717, 1.165) is 5.56 Å². The summed E-state index contributed by atoms with van der Waals surface area (Å²) in [6.45, 7) is 5.55. The molecular weight excluding hydrogens is 374 g/mol. The third kappa shape index (κ3) is 4.89. The molecule has 7 heteroatoms. The van der Waals surface area contributed by atoms with Crippen LogP contribution in [0.5, 0.6) is 0 Å². The lowest BCUT2D eigenvalue weighted by Gasteiger charge is -2.33. The number of alkyl carbamates (subject to hydrolysis) is 1. The number of esters is 2. The summed E-state index contributed by atoms with van der Waals surface area (Å²) in [5.74, 6) is -2.20. The topological polar surface area (TPSA) is 90.9 Å². The number of nitrogens with one attached hydrogen (secondary N) is 1. The number of rotatable bonds is 5. The molecule has 2 bridgehead atoms. The number of carbonyl (C=O) groups is 3. The molecule has 2 saturated carbocycles. The Morgan fingerprint density at radius 1 is 1.03 bits per heavy atom. The van der Waals surface area contributed by atoms with Crippen LogP contribution in [-0.4, -0.2) is 36.8 Å². The van der Waals surface area contributed by atoms with Crippen LogP contribution in [0.3, 0.4) is 0 Å². The number of amides is 1. The molecule has 7 nitrogen and oxygen atoms in total. The van der Waals surface area contributed by atoms with E-state index in [2.05, 4.69) is 5.32 Å². The van der Waals surface area contributed by atoms with Crippen molar-refractivity contribution in [2.45, 2.75) is 51.9 Å². The molecule has 2 fully saturated rings. The summed E-state index contributed by atoms with van der Waals surface area (Å²) in [6.07, 6.45) is 0.773. The maximum atomic E-state index is 12.8. The Labute approximate surface area is 171 Å². The summed E-state index contributed by atoms with van der Waals surface area (Å²) in [5.41, 5.74) is 0.288. The zero-order valence-electron chi connectivity index (χ0n) is 17.3. The maximum Gasteiger partial charge on any atom is 0.407 e. The van der Waals surface area contributed by atoms with Gasteiger partial charge in [-0.3, -0.25) is 9.59 Å². The SMILES string of the molecule is COC(=O)[C@H]1C2CC(CC2NC(=O)OC(C)(C)C)[C@@H]1C(=O)OCc1ccccc1. The standard InChI is InChI=1S/C22H29NO6/c1-22(2,3)29-21(26)23-16-11-14-10-15(16)18(19(24)27-4)17(14)20(25)28-12-13-8-6-5-7-9-13/h5-9,14-18H,10-12H2,1-4H3,(H,23,26)/t14?,15?,16?,17-,18-/m0/s1. The number of ether oxygens (including phenoxy) is 3. The predicted molar refractivity (Wildman–Crippen MR) is 105 cm³/mol. The quantitative estimate of drug-likeness (QED) is 0.600. The molecular formula is C22H29NO6. The summed E-state index contributed by atoms with van der Waals surface area (Å²) in [7, 11) is 1.32. The smallest absolute Gasteiger partial charge is 0.407 e. The fourth-order valence-corrected chi connectivity index (χ4v) is 4.61. The molecule has 0 spiro atoms. The third-order valence-electron chi connectivity index (χ3n) is 5.68. The van der Waals surface area contributed by atoms with E-state index in [9.17, 15) is 14.4 Å². The molecule has 0 saturated heterocycles. The normalized spacial score (nSPS) is 27.9. The van der Waals surface area contributed by atoms with Crippen molar-refractivity contribution in [2.24, 2.45) is 23.7 Å². The first kappa shape index (κ1) is 21.1. The van der Waals surface area contributed by atoms with Crippen molar-refractivity contribution in [3.05, 3.63) is 35.9 Å². The van der Waals surface area contributed by atoms with Crippen molar-refractivity contribution >= 4 is 18.0 Å². The molecule has 3 rings (SSSR count). The number of carbonyl (C=O) groups excluding carboxylic acids is 3.